The predicted octanol–water partition coefficient (Wildman–Crippen LogP) is 0.145. The molecule has 0 spiro atoms. The number of rotatable bonds is 18. The predicted molar refractivity (Wildman–Crippen MR) is 179 cm³/mol. The second-order valence-corrected chi connectivity index (χ2v) is 13.4. The van der Waals surface area contributed by atoms with Gasteiger partial charge in [-0.3, -0.25) is 4.79 Å². The van der Waals surface area contributed by atoms with E-state index in [0.29, 0.717) is 5.56 Å². The van der Waals surface area contributed by atoms with Crippen LogP contribution in [0.5, 0.6) is 17.2 Å². The van der Waals surface area contributed by atoms with E-state index in [2.05, 4.69) is 20.7 Å². The third-order valence-corrected chi connectivity index (χ3v) is 7.75. The van der Waals surface area contributed by atoms with E-state index in [4.69, 9.17) is 32.8 Å². The van der Waals surface area contributed by atoms with Crippen LogP contribution in [-0.2, 0) is 35.8 Å². The Morgan fingerprint density at radius 1 is 1.00 bits per heavy atom. The van der Waals surface area contributed by atoms with Crippen molar-refractivity contribution in [2.75, 3.05) is 32.9 Å². The molecule has 1 fully saturated rings. The highest BCUT2D eigenvalue weighted by atomic mass is 32.3. The number of carboxylic acids is 1. The molecule has 2 aromatic carbocycles. The molecule has 1 saturated heterocycles. The zero-order valence-electron chi connectivity index (χ0n) is 28.7. The molecule has 0 aliphatic carbocycles. The average Bonchev–Trinajstić information content (AvgIpc) is 3.08. The number of hydrogen-bond donors (Lipinski definition) is 7. The van der Waals surface area contributed by atoms with Gasteiger partial charge in [-0.1, -0.05) is 17.2 Å². The van der Waals surface area contributed by atoms with Crippen LogP contribution in [0.2, 0.25) is 0 Å². The Kier molecular flexibility index (Phi) is 15.4. The molecule has 7 N–H and O–H groups in total. The van der Waals surface area contributed by atoms with Crippen molar-refractivity contribution in [3.8, 4) is 17.2 Å². The second kappa shape index (κ2) is 19.2. The lowest BCUT2D eigenvalue weighted by atomic mass is 9.99. The minimum atomic E-state index is -5.02. The van der Waals surface area contributed by atoms with Crippen LogP contribution in [0.25, 0.3) is 10.4 Å². The van der Waals surface area contributed by atoms with E-state index in [1.54, 1.807) is 20.8 Å². The summed E-state index contributed by atoms with van der Waals surface area (Å²) in [7, 11) is -5.02. The van der Waals surface area contributed by atoms with Gasteiger partial charge in [0.25, 0.3) is 5.91 Å². The van der Waals surface area contributed by atoms with Crippen molar-refractivity contribution in [1.29, 1.82) is 0 Å². The summed E-state index contributed by atoms with van der Waals surface area (Å²) < 4.78 is 57.6. The number of nitrogens with one attached hydrogen (secondary N) is 2. The number of azide groups is 1. The van der Waals surface area contributed by atoms with Crippen molar-refractivity contribution in [3.63, 3.8) is 0 Å². The molecule has 53 heavy (non-hydrogen) atoms. The van der Waals surface area contributed by atoms with E-state index in [-0.39, 0.29) is 44.0 Å². The maximum Gasteiger partial charge on any atom is 0.501 e. The SMILES string of the molecule is CC(C)(C)OC(=O)NC(Cc1ccc(OS(=O)(=O)Oc2cc(C(=O)NCCOCCN=[N+]=[N-])ccc2O[C@@H]2O[C@H](CO)[C@H](O)[C@H](O)[C@H]2O)cc1)C(=O)O. The van der Waals surface area contributed by atoms with Crippen molar-refractivity contribution >= 4 is 28.4 Å². The summed E-state index contributed by atoms with van der Waals surface area (Å²) >= 11 is 0. The van der Waals surface area contributed by atoms with Crippen LogP contribution in [0.15, 0.2) is 47.6 Å². The van der Waals surface area contributed by atoms with Crippen molar-refractivity contribution in [2.24, 2.45) is 5.11 Å². The molecular formula is C31H41N5O16S. The lowest BCUT2D eigenvalue weighted by Gasteiger charge is -2.39. The lowest BCUT2D eigenvalue weighted by molar-refractivity contribution is -0.277. The Morgan fingerprint density at radius 3 is 2.32 bits per heavy atom. The number of alkyl carbamates (subject to hydrolysis) is 1. The highest BCUT2D eigenvalue weighted by Gasteiger charge is 2.45. The number of ether oxygens (including phenoxy) is 4. The summed E-state index contributed by atoms with van der Waals surface area (Å²) in [6.07, 6.45) is -9.69. The summed E-state index contributed by atoms with van der Waals surface area (Å²) in [6, 6.07) is 6.94. The van der Waals surface area contributed by atoms with Gasteiger partial charge in [-0.05, 0) is 62.2 Å². The molecule has 0 aromatic heterocycles. The van der Waals surface area contributed by atoms with Crippen molar-refractivity contribution < 1.29 is 75.6 Å². The normalized spacial score (nSPS) is 20.6. The highest BCUT2D eigenvalue weighted by Crippen LogP contribution is 2.34. The first kappa shape index (κ1) is 42.5. The van der Waals surface area contributed by atoms with Gasteiger partial charge in [0.15, 0.2) is 11.5 Å². The van der Waals surface area contributed by atoms with Crippen LogP contribution in [0.1, 0.15) is 36.7 Å². The minimum Gasteiger partial charge on any atom is -0.480 e. The van der Waals surface area contributed by atoms with Crippen molar-refractivity contribution in [1.82, 2.24) is 10.6 Å². The number of nitrogens with zero attached hydrogens (tertiary/aromatic N) is 3. The zero-order chi connectivity index (χ0) is 39.3. The van der Waals surface area contributed by atoms with Crippen molar-refractivity contribution in [3.05, 3.63) is 64.0 Å². The molecule has 21 nitrogen and oxygen atoms in total. The monoisotopic (exact) mass is 771 g/mol. The molecule has 1 unspecified atom stereocenters. The van der Waals surface area contributed by atoms with E-state index in [1.165, 1.54) is 30.3 Å². The van der Waals surface area contributed by atoms with Crippen LogP contribution in [0, 0.1) is 0 Å². The summed E-state index contributed by atoms with van der Waals surface area (Å²) in [4.78, 5) is 39.3. The molecule has 0 radical (unpaired) electrons. The number of aliphatic hydroxyl groups excluding tert-OH is 4. The minimum absolute atomic E-state index is 0.0100. The summed E-state index contributed by atoms with van der Waals surface area (Å²) in [6.45, 7) is 4.30. The van der Waals surface area contributed by atoms with Crippen LogP contribution >= 0.6 is 0 Å². The Hall–Kier alpha value is -4.93. The molecule has 2 aromatic rings. The number of carbonyl (C=O) groups excluding carboxylic acids is 2. The molecule has 1 aliphatic heterocycles. The van der Waals surface area contributed by atoms with Crippen LogP contribution in [0.3, 0.4) is 0 Å². The molecular weight excluding hydrogens is 730 g/mol. The fourth-order valence-electron chi connectivity index (χ4n) is 4.50. The summed E-state index contributed by atoms with van der Waals surface area (Å²) in [5.74, 6) is -3.42. The molecule has 292 valence electrons. The maximum atomic E-state index is 13.1. The molecule has 6 atom stereocenters. The molecule has 2 amide bonds. The Morgan fingerprint density at radius 2 is 1.70 bits per heavy atom. The average molecular weight is 772 g/mol. The smallest absolute Gasteiger partial charge is 0.480 e. The molecule has 3 rings (SSSR count). The number of aliphatic hydroxyl groups is 4. The Bertz CT molecular complexity index is 1710. The molecule has 1 heterocycles. The molecule has 0 bridgehead atoms. The van der Waals surface area contributed by atoms with Crippen LogP contribution in [0.4, 0.5) is 4.79 Å². The number of hydrogen-bond acceptors (Lipinski definition) is 16. The summed E-state index contributed by atoms with van der Waals surface area (Å²) in [5, 5.41) is 57.9. The first-order valence-electron chi connectivity index (χ1n) is 15.9. The number of benzene rings is 2. The molecule has 22 heteroatoms. The maximum absolute atomic E-state index is 13.1. The topological polar surface area (TPSA) is 315 Å². The fraction of sp³-hybridized carbons (Fsp3) is 0.516. The Balaban J connectivity index is 1.79. The van der Waals surface area contributed by atoms with Gasteiger partial charge in [0.2, 0.25) is 6.29 Å². The second-order valence-electron chi connectivity index (χ2n) is 12.3. The van der Waals surface area contributed by atoms with Gasteiger partial charge in [0.1, 0.15) is 41.8 Å². The van der Waals surface area contributed by atoms with Gasteiger partial charge in [-0.25, -0.2) is 9.59 Å². The van der Waals surface area contributed by atoms with E-state index in [0.717, 1.165) is 12.1 Å². The van der Waals surface area contributed by atoms with E-state index >= 15 is 0 Å². The van der Waals surface area contributed by atoms with Crippen LogP contribution in [-0.4, -0.2) is 127 Å². The number of aliphatic carboxylic acids is 1. The standard InChI is InChI=1S/C31H41N5O16S/c1-31(2,3)50-30(44)35-20(28(42)43)14-17-4-7-19(8-5-17)51-53(45,46)52-22-15-18(27(41)33-10-12-47-13-11-34-36-32)6-9-21(22)48-29-26(40)25(39)24(38)23(16-37)49-29/h4-9,15,20,23-26,29,37-40H,10-14,16H2,1-3H3,(H,33,41)(H,35,44)(H,42,43)/t20?,23-,24+,25+,26-,29-/m1/s1. The van der Waals surface area contributed by atoms with Gasteiger partial charge in [0, 0.05) is 30.0 Å². The van der Waals surface area contributed by atoms with E-state index < -0.39 is 88.8 Å². The molecule has 0 saturated carbocycles. The quantitative estimate of drug-likeness (QED) is 0.0459. The first-order chi connectivity index (χ1) is 24.9. The number of amides is 2. The lowest BCUT2D eigenvalue weighted by Crippen LogP contribution is -2.60. The van der Waals surface area contributed by atoms with Gasteiger partial charge < -0.3 is 63.5 Å². The highest BCUT2D eigenvalue weighted by molar-refractivity contribution is 7.82. The van der Waals surface area contributed by atoms with E-state index in [9.17, 15) is 48.3 Å². The zero-order valence-corrected chi connectivity index (χ0v) is 29.5. The Labute approximate surface area is 303 Å². The van der Waals surface area contributed by atoms with Crippen molar-refractivity contribution in [2.45, 2.75) is 69.5 Å². The van der Waals surface area contributed by atoms with Gasteiger partial charge in [-0.2, -0.15) is 0 Å². The van der Waals surface area contributed by atoms with E-state index in [1.807, 2.05) is 0 Å². The van der Waals surface area contributed by atoms with Gasteiger partial charge >= 0.3 is 22.5 Å². The fourth-order valence-corrected chi connectivity index (χ4v) is 5.24. The third-order valence-electron chi connectivity index (χ3n) is 6.97. The largest absolute Gasteiger partial charge is 0.501 e. The molecule has 1 aliphatic rings. The number of carbonyl (C=O) groups is 3. The third kappa shape index (κ3) is 13.5. The first-order valence-corrected chi connectivity index (χ1v) is 17.2. The number of carboxylic acid groups (broad SMARTS) is 1. The van der Waals surface area contributed by atoms with Crippen LogP contribution < -0.4 is 23.7 Å². The van der Waals surface area contributed by atoms with Gasteiger partial charge in [0.05, 0.1) is 19.8 Å². The summed E-state index contributed by atoms with van der Waals surface area (Å²) in [5.41, 5.74) is 7.67. The van der Waals surface area contributed by atoms with Gasteiger partial charge in [-0.15, -0.1) is 8.42 Å².